The third-order valence-corrected chi connectivity index (χ3v) is 5.43. The van der Waals surface area contributed by atoms with Crippen molar-refractivity contribution in [1.29, 1.82) is 0 Å². The minimum atomic E-state index is -1.09. The molecule has 1 fully saturated rings. The number of rotatable bonds is 4. The zero-order valence-electron chi connectivity index (χ0n) is 10.2. The van der Waals surface area contributed by atoms with Crippen LogP contribution >= 0.6 is 23.5 Å². The highest BCUT2D eigenvalue weighted by Gasteiger charge is 2.51. The topological polar surface area (TPSA) is 110 Å². The number of hydrogen-bond donors (Lipinski definition) is 2. The van der Waals surface area contributed by atoms with E-state index in [9.17, 15) is 14.7 Å². The standard InChI is InChI=1S/C11H11N3O4S2/c12-7-9(15)14-8(11(16)17)5(3-20-10(7)14)2-19-6-1-13-4-18-6/h1,4,7,10H,2-3,12H2,(H,16,17)/t7?,10-/m1/s1. The molecular weight excluding hydrogens is 302 g/mol. The highest BCUT2D eigenvalue weighted by atomic mass is 32.2. The Balaban J connectivity index is 1.82. The van der Waals surface area contributed by atoms with Crippen molar-refractivity contribution in [1.82, 2.24) is 9.88 Å². The predicted molar refractivity (Wildman–Crippen MR) is 73.0 cm³/mol. The van der Waals surface area contributed by atoms with E-state index < -0.39 is 12.0 Å². The fourth-order valence-electron chi connectivity index (χ4n) is 2.12. The molecule has 0 saturated carbocycles. The van der Waals surface area contributed by atoms with Crippen molar-refractivity contribution >= 4 is 35.4 Å². The number of nitrogens with two attached hydrogens (primary N) is 1. The van der Waals surface area contributed by atoms with Gasteiger partial charge in [0.15, 0.2) is 11.5 Å². The van der Waals surface area contributed by atoms with Crippen LogP contribution in [0.2, 0.25) is 0 Å². The largest absolute Gasteiger partial charge is 0.477 e. The summed E-state index contributed by atoms with van der Waals surface area (Å²) in [6.45, 7) is 0. The number of β-lactam (4-membered cyclic amide) rings is 1. The quantitative estimate of drug-likeness (QED) is 0.605. The van der Waals surface area contributed by atoms with Gasteiger partial charge in [0.05, 0.1) is 6.20 Å². The summed E-state index contributed by atoms with van der Waals surface area (Å²) in [6, 6.07) is -0.599. The predicted octanol–water partition coefficient (Wildman–Crippen LogP) is 0.348. The monoisotopic (exact) mass is 313 g/mol. The van der Waals surface area contributed by atoms with E-state index in [0.29, 0.717) is 22.2 Å². The van der Waals surface area contributed by atoms with Gasteiger partial charge in [-0.1, -0.05) is 11.8 Å². The smallest absolute Gasteiger partial charge is 0.352 e. The van der Waals surface area contributed by atoms with Crippen LogP contribution in [-0.2, 0) is 9.59 Å². The minimum absolute atomic E-state index is 0.0625. The highest BCUT2D eigenvalue weighted by molar-refractivity contribution is 8.01. The molecule has 1 amide bonds. The number of fused-ring (bicyclic) bond motifs is 1. The van der Waals surface area contributed by atoms with E-state index in [1.54, 1.807) is 6.20 Å². The Morgan fingerprint density at radius 2 is 2.50 bits per heavy atom. The van der Waals surface area contributed by atoms with Crippen molar-refractivity contribution in [2.24, 2.45) is 5.73 Å². The summed E-state index contributed by atoms with van der Waals surface area (Å²) in [7, 11) is 0. The summed E-state index contributed by atoms with van der Waals surface area (Å²) in [4.78, 5) is 28.2. The molecule has 3 heterocycles. The van der Waals surface area contributed by atoms with Gasteiger partial charge in [-0.15, -0.1) is 11.8 Å². The molecule has 1 aromatic heterocycles. The van der Waals surface area contributed by atoms with Gasteiger partial charge in [0.25, 0.3) is 0 Å². The molecule has 1 saturated heterocycles. The normalized spacial score (nSPS) is 25.4. The Bertz CT molecular complexity index is 586. The molecule has 0 bridgehead atoms. The maximum atomic E-state index is 11.7. The van der Waals surface area contributed by atoms with Gasteiger partial charge in [0.2, 0.25) is 5.91 Å². The summed E-state index contributed by atoms with van der Waals surface area (Å²) in [5.41, 5.74) is 6.44. The van der Waals surface area contributed by atoms with Crippen LogP contribution in [0.3, 0.4) is 0 Å². The molecule has 0 aliphatic carbocycles. The first-order chi connectivity index (χ1) is 9.59. The number of amides is 1. The van der Waals surface area contributed by atoms with E-state index in [1.807, 2.05) is 0 Å². The van der Waals surface area contributed by atoms with Crippen LogP contribution < -0.4 is 5.73 Å². The molecule has 20 heavy (non-hydrogen) atoms. The fourth-order valence-corrected chi connectivity index (χ4v) is 4.35. The number of carbonyl (C=O) groups excluding carboxylic acids is 1. The second-order valence-electron chi connectivity index (χ2n) is 4.30. The lowest BCUT2D eigenvalue weighted by atomic mass is 10.0. The van der Waals surface area contributed by atoms with Crippen molar-refractivity contribution in [2.75, 3.05) is 11.5 Å². The third-order valence-electron chi connectivity index (χ3n) is 3.09. The Labute approximate surface area is 122 Å². The van der Waals surface area contributed by atoms with E-state index in [1.165, 1.54) is 34.8 Å². The number of aromatic nitrogens is 1. The molecule has 3 rings (SSSR count). The van der Waals surface area contributed by atoms with Gasteiger partial charge in [-0.2, -0.15) is 0 Å². The van der Waals surface area contributed by atoms with E-state index in [0.717, 1.165) is 0 Å². The summed E-state index contributed by atoms with van der Waals surface area (Å²) in [5.74, 6) is -0.439. The van der Waals surface area contributed by atoms with Crippen LogP contribution in [-0.4, -0.2) is 49.8 Å². The van der Waals surface area contributed by atoms with Gasteiger partial charge in [-0.3, -0.25) is 9.69 Å². The number of oxazole rings is 1. The summed E-state index contributed by atoms with van der Waals surface area (Å²) in [6.07, 6.45) is 2.88. The highest BCUT2D eigenvalue weighted by Crippen LogP contribution is 2.40. The average molecular weight is 313 g/mol. The van der Waals surface area contributed by atoms with Crippen molar-refractivity contribution in [3.8, 4) is 0 Å². The Morgan fingerprint density at radius 3 is 3.15 bits per heavy atom. The van der Waals surface area contributed by atoms with Crippen LogP contribution in [0.4, 0.5) is 0 Å². The van der Waals surface area contributed by atoms with Gasteiger partial charge in [0.1, 0.15) is 17.1 Å². The van der Waals surface area contributed by atoms with Crippen molar-refractivity contribution in [3.63, 3.8) is 0 Å². The van der Waals surface area contributed by atoms with E-state index in [4.69, 9.17) is 10.2 Å². The summed E-state index contributed by atoms with van der Waals surface area (Å²) >= 11 is 2.84. The van der Waals surface area contributed by atoms with Crippen LogP contribution in [0.5, 0.6) is 0 Å². The van der Waals surface area contributed by atoms with E-state index in [2.05, 4.69) is 4.98 Å². The summed E-state index contributed by atoms with van der Waals surface area (Å²) in [5, 5.41) is 9.70. The van der Waals surface area contributed by atoms with Gasteiger partial charge in [0, 0.05) is 11.5 Å². The molecule has 3 N–H and O–H groups in total. The second kappa shape index (κ2) is 5.15. The average Bonchev–Trinajstić information content (AvgIpc) is 2.96. The number of carboxylic acid groups (broad SMARTS) is 1. The molecule has 9 heteroatoms. The molecule has 0 aromatic carbocycles. The number of thioether (sulfide) groups is 2. The van der Waals surface area contributed by atoms with Crippen molar-refractivity contribution in [3.05, 3.63) is 23.9 Å². The molecule has 1 unspecified atom stereocenters. The molecule has 2 aliphatic rings. The number of carbonyl (C=O) groups is 2. The zero-order chi connectivity index (χ0) is 14.3. The molecular formula is C11H11N3O4S2. The van der Waals surface area contributed by atoms with Crippen LogP contribution in [0, 0.1) is 0 Å². The number of nitrogens with zero attached hydrogens (tertiary/aromatic N) is 2. The van der Waals surface area contributed by atoms with Crippen molar-refractivity contribution in [2.45, 2.75) is 16.5 Å². The molecule has 1 aromatic rings. The molecule has 2 aliphatic heterocycles. The molecule has 7 nitrogen and oxygen atoms in total. The zero-order valence-corrected chi connectivity index (χ0v) is 11.8. The molecule has 2 atom stereocenters. The van der Waals surface area contributed by atoms with Gasteiger partial charge in [-0.05, 0) is 5.57 Å². The maximum absolute atomic E-state index is 11.7. The first-order valence-corrected chi connectivity index (χ1v) is 7.80. The molecule has 106 valence electrons. The second-order valence-corrected chi connectivity index (χ2v) is 6.39. The number of carboxylic acids is 1. The van der Waals surface area contributed by atoms with E-state index >= 15 is 0 Å². The van der Waals surface area contributed by atoms with Crippen LogP contribution in [0.25, 0.3) is 0 Å². The number of hydrogen-bond acceptors (Lipinski definition) is 7. The molecule has 0 radical (unpaired) electrons. The first kappa shape index (κ1) is 13.5. The third kappa shape index (κ3) is 2.11. The Kier molecular flexibility index (Phi) is 3.48. The summed E-state index contributed by atoms with van der Waals surface area (Å²) < 4.78 is 5.09. The first-order valence-electron chi connectivity index (χ1n) is 5.76. The van der Waals surface area contributed by atoms with E-state index in [-0.39, 0.29) is 17.0 Å². The minimum Gasteiger partial charge on any atom is -0.477 e. The maximum Gasteiger partial charge on any atom is 0.352 e. The van der Waals surface area contributed by atoms with Gasteiger partial charge in [-0.25, -0.2) is 9.78 Å². The fraction of sp³-hybridized carbons (Fsp3) is 0.364. The lowest BCUT2D eigenvalue weighted by Crippen LogP contribution is -2.68. The van der Waals surface area contributed by atoms with Crippen molar-refractivity contribution < 1.29 is 19.1 Å². The Hall–Kier alpha value is -1.45. The van der Waals surface area contributed by atoms with Crippen LogP contribution in [0.1, 0.15) is 0 Å². The van der Waals surface area contributed by atoms with Crippen LogP contribution in [0.15, 0.2) is 33.4 Å². The van der Waals surface area contributed by atoms with Gasteiger partial charge < -0.3 is 15.3 Å². The molecule has 0 spiro atoms. The SMILES string of the molecule is NC1C(=O)N2C(C(=O)O)=C(CSc3cnco3)CS[C@H]12. The lowest BCUT2D eigenvalue weighted by molar-refractivity contribution is -0.147. The lowest BCUT2D eigenvalue weighted by Gasteiger charge is -2.48. The van der Waals surface area contributed by atoms with Gasteiger partial charge >= 0.3 is 5.97 Å². The Morgan fingerprint density at radius 1 is 1.70 bits per heavy atom. The number of aliphatic carboxylic acids is 1.